The molecule has 0 aliphatic heterocycles. The van der Waals surface area contributed by atoms with E-state index in [1.807, 2.05) is 6.08 Å². The molecule has 0 saturated heterocycles. The van der Waals surface area contributed by atoms with Gasteiger partial charge in [-0.1, -0.05) is 147 Å². The number of aliphatic hydroxyl groups is 2. The van der Waals surface area contributed by atoms with Crippen LogP contribution < -0.4 is 5.32 Å². The smallest absolute Gasteiger partial charge is 0.220 e. The Balaban J connectivity index is 3.69. The summed E-state index contributed by atoms with van der Waals surface area (Å²) in [5, 5.41) is 22.8. The first-order chi connectivity index (χ1) is 19.2. The van der Waals surface area contributed by atoms with E-state index in [4.69, 9.17) is 0 Å². The highest BCUT2D eigenvalue weighted by Gasteiger charge is 2.17. The van der Waals surface area contributed by atoms with Gasteiger partial charge in [-0.15, -0.1) is 0 Å². The van der Waals surface area contributed by atoms with Crippen LogP contribution in [0.5, 0.6) is 0 Å². The lowest BCUT2D eigenvalue weighted by molar-refractivity contribution is -0.123. The van der Waals surface area contributed by atoms with Gasteiger partial charge in [-0.3, -0.25) is 4.79 Å². The SMILES string of the molecule is CCC/C=C\C/C=C\CCCCCCCC(=O)NC(CO)C(O)/C=C/CCCCCCCCCCCCCC. The average Bonchev–Trinajstić information content (AvgIpc) is 2.94. The van der Waals surface area contributed by atoms with E-state index in [-0.39, 0.29) is 12.5 Å². The molecular formula is C35H65NO3. The molecule has 228 valence electrons. The van der Waals surface area contributed by atoms with Gasteiger partial charge in [0.2, 0.25) is 5.91 Å². The molecule has 2 atom stereocenters. The summed E-state index contributed by atoms with van der Waals surface area (Å²) in [5.74, 6) is -0.0819. The lowest BCUT2D eigenvalue weighted by Gasteiger charge is -2.20. The fraction of sp³-hybridized carbons (Fsp3) is 0.800. The van der Waals surface area contributed by atoms with Crippen molar-refractivity contribution in [2.45, 2.75) is 174 Å². The minimum absolute atomic E-state index is 0.0819. The molecule has 0 spiro atoms. The first-order valence-corrected chi connectivity index (χ1v) is 16.7. The number of rotatable bonds is 29. The molecule has 1 amide bonds. The fourth-order valence-electron chi connectivity index (χ4n) is 4.74. The Labute approximate surface area is 242 Å². The second-order valence-corrected chi connectivity index (χ2v) is 11.2. The summed E-state index contributed by atoms with van der Waals surface area (Å²) in [6.45, 7) is 4.21. The number of amides is 1. The number of carbonyl (C=O) groups is 1. The largest absolute Gasteiger partial charge is 0.394 e. The highest BCUT2D eigenvalue weighted by atomic mass is 16.3. The summed E-state index contributed by atoms with van der Waals surface area (Å²) in [4.78, 5) is 12.2. The number of carbonyl (C=O) groups excluding carboxylic acids is 1. The molecule has 39 heavy (non-hydrogen) atoms. The van der Waals surface area contributed by atoms with Crippen LogP contribution in [-0.2, 0) is 4.79 Å². The highest BCUT2D eigenvalue weighted by molar-refractivity contribution is 5.76. The Morgan fingerprint density at radius 1 is 0.615 bits per heavy atom. The van der Waals surface area contributed by atoms with Crippen LogP contribution in [0, 0.1) is 0 Å². The van der Waals surface area contributed by atoms with Crippen LogP contribution in [0.1, 0.15) is 162 Å². The van der Waals surface area contributed by atoms with Crippen molar-refractivity contribution >= 4 is 5.91 Å². The first kappa shape index (κ1) is 37.6. The summed E-state index contributed by atoms with van der Waals surface area (Å²) in [6, 6.07) is -0.626. The molecule has 4 nitrogen and oxygen atoms in total. The molecule has 0 aromatic rings. The minimum atomic E-state index is -0.841. The highest BCUT2D eigenvalue weighted by Crippen LogP contribution is 2.13. The van der Waals surface area contributed by atoms with Gasteiger partial charge >= 0.3 is 0 Å². The summed E-state index contributed by atoms with van der Waals surface area (Å²) >= 11 is 0. The van der Waals surface area contributed by atoms with E-state index in [9.17, 15) is 15.0 Å². The maximum atomic E-state index is 12.2. The Kier molecular flexibility index (Phi) is 30.0. The molecule has 0 radical (unpaired) electrons. The fourth-order valence-corrected chi connectivity index (χ4v) is 4.74. The van der Waals surface area contributed by atoms with Crippen LogP contribution >= 0.6 is 0 Å². The zero-order chi connectivity index (χ0) is 28.7. The van der Waals surface area contributed by atoms with Crippen LogP contribution in [0.15, 0.2) is 36.5 Å². The minimum Gasteiger partial charge on any atom is -0.394 e. The van der Waals surface area contributed by atoms with Crippen molar-refractivity contribution in [1.29, 1.82) is 0 Å². The van der Waals surface area contributed by atoms with Gasteiger partial charge in [0.05, 0.1) is 18.8 Å². The van der Waals surface area contributed by atoms with Gasteiger partial charge in [0.1, 0.15) is 0 Å². The lowest BCUT2D eigenvalue weighted by Crippen LogP contribution is -2.45. The van der Waals surface area contributed by atoms with Crippen LogP contribution in [0.2, 0.25) is 0 Å². The summed E-state index contributed by atoms with van der Waals surface area (Å²) < 4.78 is 0. The number of unbranched alkanes of at least 4 members (excludes halogenated alkanes) is 18. The zero-order valence-electron chi connectivity index (χ0n) is 25.9. The van der Waals surface area contributed by atoms with Crippen molar-refractivity contribution in [3.8, 4) is 0 Å². The maximum Gasteiger partial charge on any atom is 0.220 e. The van der Waals surface area contributed by atoms with Crippen molar-refractivity contribution in [3.63, 3.8) is 0 Å². The molecule has 0 heterocycles. The second-order valence-electron chi connectivity index (χ2n) is 11.2. The standard InChI is InChI=1S/C35H65NO3/c1-3-5-7-9-11-13-15-17-19-20-22-24-26-28-30-34(38)33(32-37)36-35(39)31-29-27-25-23-21-18-16-14-12-10-8-6-4-2/h8,10,14,16,28,30,33-34,37-38H,3-7,9,11-13,15,17-27,29,31-32H2,1-2H3,(H,36,39)/b10-8-,16-14-,30-28+. The van der Waals surface area contributed by atoms with Gasteiger partial charge in [0, 0.05) is 6.42 Å². The molecule has 0 aliphatic carbocycles. The number of aliphatic hydroxyl groups excluding tert-OH is 2. The molecule has 3 N–H and O–H groups in total. The number of hydrogen-bond donors (Lipinski definition) is 3. The third kappa shape index (κ3) is 28.0. The predicted molar refractivity (Wildman–Crippen MR) is 170 cm³/mol. The van der Waals surface area contributed by atoms with Gasteiger partial charge < -0.3 is 15.5 Å². The van der Waals surface area contributed by atoms with E-state index in [0.717, 1.165) is 44.9 Å². The van der Waals surface area contributed by atoms with Crippen molar-refractivity contribution in [2.75, 3.05) is 6.61 Å². The lowest BCUT2D eigenvalue weighted by atomic mass is 10.0. The quantitative estimate of drug-likeness (QED) is 0.0645. The van der Waals surface area contributed by atoms with E-state index < -0.39 is 12.1 Å². The maximum absolute atomic E-state index is 12.2. The van der Waals surface area contributed by atoms with Crippen molar-refractivity contribution in [2.24, 2.45) is 0 Å². The molecule has 0 fully saturated rings. The van der Waals surface area contributed by atoms with E-state index in [2.05, 4.69) is 43.5 Å². The van der Waals surface area contributed by atoms with Gasteiger partial charge in [-0.2, -0.15) is 0 Å². The second kappa shape index (κ2) is 31.1. The number of hydrogen-bond acceptors (Lipinski definition) is 3. The molecule has 0 saturated carbocycles. The summed E-state index contributed by atoms with van der Waals surface area (Å²) in [6.07, 6.45) is 39.3. The molecule has 0 rings (SSSR count). The molecule has 0 aliphatic rings. The van der Waals surface area contributed by atoms with Gasteiger partial charge in [0.25, 0.3) is 0 Å². The molecule has 2 unspecified atom stereocenters. The van der Waals surface area contributed by atoms with Crippen LogP contribution in [0.25, 0.3) is 0 Å². The topological polar surface area (TPSA) is 69.6 Å². The monoisotopic (exact) mass is 547 g/mol. The van der Waals surface area contributed by atoms with Crippen LogP contribution in [-0.4, -0.2) is 34.9 Å². The van der Waals surface area contributed by atoms with E-state index >= 15 is 0 Å². The Morgan fingerprint density at radius 3 is 1.64 bits per heavy atom. The van der Waals surface area contributed by atoms with Crippen molar-refractivity contribution in [1.82, 2.24) is 5.32 Å². The zero-order valence-corrected chi connectivity index (χ0v) is 25.9. The normalized spacial score (nSPS) is 13.6. The van der Waals surface area contributed by atoms with E-state index in [0.29, 0.717) is 6.42 Å². The third-order valence-electron chi connectivity index (χ3n) is 7.35. The Bertz CT molecular complexity index is 599. The van der Waals surface area contributed by atoms with Crippen LogP contribution in [0.3, 0.4) is 0 Å². The number of nitrogens with one attached hydrogen (secondary N) is 1. The number of allylic oxidation sites excluding steroid dienone is 5. The van der Waals surface area contributed by atoms with Gasteiger partial charge in [-0.25, -0.2) is 0 Å². The molecule has 0 bridgehead atoms. The molecule has 4 heteroatoms. The van der Waals surface area contributed by atoms with E-state index in [1.54, 1.807) is 6.08 Å². The molecule has 0 aromatic carbocycles. The summed E-state index contributed by atoms with van der Waals surface area (Å²) in [7, 11) is 0. The van der Waals surface area contributed by atoms with Crippen molar-refractivity contribution in [3.05, 3.63) is 36.5 Å². The van der Waals surface area contributed by atoms with Crippen molar-refractivity contribution < 1.29 is 15.0 Å². The molecular weight excluding hydrogens is 482 g/mol. The molecule has 0 aromatic heterocycles. The van der Waals surface area contributed by atoms with Gasteiger partial charge in [-0.05, 0) is 44.9 Å². The average molecular weight is 548 g/mol. The van der Waals surface area contributed by atoms with Gasteiger partial charge in [0.15, 0.2) is 0 Å². The van der Waals surface area contributed by atoms with Crippen LogP contribution in [0.4, 0.5) is 0 Å². The Morgan fingerprint density at radius 2 is 1.10 bits per heavy atom. The predicted octanol–water partition coefficient (Wildman–Crippen LogP) is 9.51. The summed E-state index contributed by atoms with van der Waals surface area (Å²) in [5.41, 5.74) is 0. The first-order valence-electron chi connectivity index (χ1n) is 16.7. The Hall–Kier alpha value is -1.39. The third-order valence-corrected chi connectivity index (χ3v) is 7.35. The van der Waals surface area contributed by atoms with E-state index in [1.165, 1.54) is 96.3 Å².